The molecule has 1 aromatic heterocycles. The van der Waals surface area contributed by atoms with Crippen LogP contribution in [0.4, 0.5) is 0 Å². The number of rotatable bonds is 3. The van der Waals surface area contributed by atoms with Crippen LogP contribution in [-0.2, 0) is 6.54 Å². The van der Waals surface area contributed by atoms with Gasteiger partial charge in [0.15, 0.2) is 0 Å². The molecule has 0 spiro atoms. The van der Waals surface area contributed by atoms with Gasteiger partial charge in [-0.15, -0.1) is 0 Å². The molecule has 0 aromatic carbocycles. The molecule has 2 atom stereocenters. The fraction of sp³-hybridized carbons (Fsp3) is 0.750. The van der Waals surface area contributed by atoms with Crippen molar-refractivity contribution in [3.05, 3.63) is 11.4 Å². The fourth-order valence-electron chi connectivity index (χ4n) is 1.24. The normalized spacial score (nSPS) is 27.5. The van der Waals surface area contributed by atoms with Gasteiger partial charge in [-0.25, -0.2) is 4.63 Å². The monoisotopic (exact) mass is 167 g/mol. The van der Waals surface area contributed by atoms with Crippen molar-refractivity contribution in [1.29, 1.82) is 0 Å². The van der Waals surface area contributed by atoms with Crippen LogP contribution in [0.3, 0.4) is 0 Å². The lowest BCUT2D eigenvalue weighted by molar-refractivity contribution is 0.300. The summed E-state index contributed by atoms with van der Waals surface area (Å²) in [6, 6.07) is 0.682. The van der Waals surface area contributed by atoms with Crippen molar-refractivity contribution >= 4 is 0 Å². The second-order valence-electron chi connectivity index (χ2n) is 3.50. The van der Waals surface area contributed by atoms with Gasteiger partial charge in [0.2, 0.25) is 0 Å². The first-order valence-electron chi connectivity index (χ1n) is 4.29. The van der Waals surface area contributed by atoms with Crippen LogP contribution in [0.5, 0.6) is 0 Å². The molecule has 0 radical (unpaired) electrons. The number of aromatic nitrogens is 2. The Hall–Kier alpha value is -0.900. The molecular weight excluding hydrogens is 154 g/mol. The summed E-state index contributed by atoms with van der Waals surface area (Å²) in [6.07, 6.45) is 1.28. The highest BCUT2D eigenvalue weighted by atomic mass is 16.6. The number of aryl methyl sites for hydroxylation is 1. The maximum Gasteiger partial charge on any atom is 0.121 e. The Bertz CT molecular complexity index is 271. The second kappa shape index (κ2) is 2.86. The topological polar surface area (TPSA) is 51.0 Å². The third-order valence-corrected chi connectivity index (χ3v) is 2.39. The molecule has 1 aliphatic rings. The molecule has 1 aromatic rings. The zero-order chi connectivity index (χ0) is 8.55. The van der Waals surface area contributed by atoms with Crippen LogP contribution in [-0.4, -0.2) is 16.4 Å². The summed E-state index contributed by atoms with van der Waals surface area (Å²) in [4.78, 5) is 0. The van der Waals surface area contributed by atoms with Crippen molar-refractivity contribution in [3.8, 4) is 0 Å². The summed E-state index contributed by atoms with van der Waals surface area (Å²) < 4.78 is 4.58. The van der Waals surface area contributed by atoms with Crippen molar-refractivity contribution in [2.45, 2.75) is 32.9 Å². The molecule has 0 saturated heterocycles. The van der Waals surface area contributed by atoms with E-state index >= 15 is 0 Å². The molecule has 1 fully saturated rings. The Labute approximate surface area is 71.3 Å². The predicted octanol–water partition coefficient (Wildman–Crippen LogP) is 0.876. The lowest BCUT2D eigenvalue weighted by atomic mass is 10.3. The van der Waals surface area contributed by atoms with Crippen LogP contribution in [0.1, 0.15) is 24.7 Å². The SMILES string of the molecule is Cc1nonc1CNC1CC1C. The van der Waals surface area contributed by atoms with Gasteiger partial charge in [-0.05, 0) is 19.3 Å². The molecule has 0 bridgehead atoms. The van der Waals surface area contributed by atoms with E-state index in [1.165, 1.54) is 6.42 Å². The molecule has 2 rings (SSSR count). The van der Waals surface area contributed by atoms with E-state index in [9.17, 15) is 0 Å². The molecular formula is C8H13N3O. The van der Waals surface area contributed by atoms with Gasteiger partial charge < -0.3 is 5.32 Å². The summed E-state index contributed by atoms with van der Waals surface area (Å²) in [5.41, 5.74) is 1.81. The van der Waals surface area contributed by atoms with E-state index < -0.39 is 0 Å². The standard InChI is InChI=1S/C8H13N3O/c1-5-3-7(5)9-4-8-6(2)10-12-11-8/h5,7,9H,3-4H2,1-2H3. The minimum atomic E-state index is 0.682. The first-order valence-corrected chi connectivity index (χ1v) is 4.29. The Morgan fingerprint density at radius 3 is 2.83 bits per heavy atom. The van der Waals surface area contributed by atoms with E-state index in [0.717, 1.165) is 23.9 Å². The van der Waals surface area contributed by atoms with E-state index in [1.54, 1.807) is 0 Å². The molecule has 12 heavy (non-hydrogen) atoms. The third kappa shape index (κ3) is 1.48. The molecule has 66 valence electrons. The van der Waals surface area contributed by atoms with Crippen molar-refractivity contribution in [3.63, 3.8) is 0 Å². The van der Waals surface area contributed by atoms with Crippen molar-refractivity contribution < 1.29 is 4.63 Å². The smallest absolute Gasteiger partial charge is 0.121 e. The predicted molar refractivity (Wildman–Crippen MR) is 43.4 cm³/mol. The zero-order valence-corrected chi connectivity index (χ0v) is 7.37. The van der Waals surface area contributed by atoms with Crippen molar-refractivity contribution in [2.24, 2.45) is 5.92 Å². The van der Waals surface area contributed by atoms with E-state index in [4.69, 9.17) is 0 Å². The minimum Gasteiger partial charge on any atom is -0.308 e. The van der Waals surface area contributed by atoms with Crippen LogP contribution in [0.25, 0.3) is 0 Å². The fourth-order valence-corrected chi connectivity index (χ4v) is 1.24. The molecule has 0 amide bonds. The maximum absolute atomic E-state index is 4.58. The summed E-state index contributed by atoms with van der Waals surface area (Å²) in [7, 11) is 0. The van der Waals surface area contributed by atoms with E-state index in [-0.39, 0.29) is 0 Å². The first-order chi connectivity index (χ1) is 5.77. The van der Waals surface area contributed by atoms with Crippen LogP contribution in [0.15, 0.2) is 4.63 Å². The quantitative estimate of drug-likeness (QED) is 0.726. The van der Waals surface area contributed by atoms with Crippen LogP contribution >= 0.6 is 0 Å². The van der Waals surface area contributed by atoms with Crippen LogP contribution < -0.4 is 5.32 Å². The van der Waals surface area contributed by atoms with Gasteiger partial charge in [0.25, 0.3) is 0 Å². The van der Waals surface area contributed by atoms with Gasteiger partial charge in [-0.2, -0.15) is 0 Å². The van der Waals surface area contributed by atoms with E-state index in [0.29, 0.717) is 6.04 Å². The minimum absolute atomic E-state index is 0.682. The lowest BCUT2D eigenvalue weighted by Crippen LogP contribution is -2.17. The molecule has 1 aliphatic carbocycles. The van der Waals surface area contributed by atoms with E-state index in [1.807, 2.05) is 6.92 Å². The second-order valence-corrected chi connectivity index (χ2v) is 3.50. The highest BCUT2D eigenvalue weighted by molar-refractivity contribution is 5.05. The molecule has 2 unspecified atom stereocenters. The van der Waals surface area contributed by atoms with Crippen molar-refractivity contribution in [1.82, 2.24) is 15.6 Å². The third-order valence-electron chi connectivity index (χ3n) is 2.39. The van der Waals surface area contributed by atoms with Gasteiger partial charge in [-0.3, -0.25) is 0 Å². The molecule has 1 N–H and O–H groups in total. The number of nitrogens with zero attached hydrogens (tertiary/aromatic N) is 2. The molecule has 1 heterocycles. The Morgan fingerprint density at radius 2 is 2.33 bits per heavy atom. The lowest BCUT2D eigenvalue weighted by Gasteiger charge is -1.98. The van der Waals surface area contributed by atoms with Crippen LogP contribution in [0.2, 0.25) is 0 Å². The Kier molecular flexibility index (Phi) is 1.84. The number of hydrogen-bond acceptors (Lipinski definition) is 4. The number of nitrogens with one attached hydrogen (secondary N) is 1. The van der Waals surface area contributed by atoms with Gasteiger partial charge >= 0.3 is 0 Å². The average molecular weight is 167 g/mol. The summed E-state index contributed by atoms with van der Waals surface area (Å²) in [6.45, 7) is 4.93. The highest BCUT2D eigenvalue weighted by Crippen LogP contribution is 2.29. The van der Waals surface area contributed by atoms with Gasteiger partial charge in [0.1, 0.15) is 11.4 Å². The van der Waals surface area contributed by atoms with Crippen LogP contribution in [0, 0.1) is 12.8 Å². The average Bonchev–Trinajstić information content (AvgIpc) is 2.57. The highest BCUT2D eigenvalue weighted by Gasteiger charge is 2.31. The number of hydrogen-bond donors (Lipinski definition) is 1. The summed E-state index contributed by atoms with van der Waals surface area (Å²) in [5, 5.41) is 10.9. The first kappa shape index (κ1) is 7.73. The summed E-state index contributed by atoms with van der Waals surface area (Å²) in [5.74, 6) is 0.824. The summed E-state index contributed by atoms with van der Waals surface area (Å²) >= 11 is 0. The Morgan fingerprint density at radius 1 is 1.58 bits per heavy atom. The van der Waals surface area contributed by atoms with E-state index in [2.05, 4.69) is 27.2 Å². The molecule has 4 heteroatoms. The zero-order valence-electron chi connectivity index (χ0n) is 7.37. The Balaban J connectivity index is 1.84. The largest absolute Gasteiger partial charge is 0.308 e. The van der Waals surface area contributed by atoms with Gasteiger partial charge in [0, 0.05) is 12.6 Å². The maximum atomic E-state index is 4.58. The van der Waals surface area contributed by atoms with Gasteiger partial charge in [0.05, 0.1) is 0 Å². The van der Waals surface area contributed by atoms with Gasteiger partial charge in [-0.1, -0.05) is 17.2 Å². The molecule has 1 saturated carbocycles. The molecule has 4 nitrogen and oxygen atoms in total. The van der Waals surface area contributed by atoms with Crippen molar-refractivity contribution in [2.75, 3.05) is 0 Å². The molecule has 0 aliphatic heterocycles.